The lowest BCUT2D eigenvalue weighted by molar-refractivity contribution is 0.00578. The van der Waals surface area contributed by atoms with E-state index in [0.29, 0.717) is 0 Å². The minimum absolute atomic E-state index is 0.360. The van der Waals surface area contributed by atoms with Gasteiger partial charge in [0.15, 0.2) is 0 Å². The van der Waals surface area contributed by atoms with Crippen LogP contribution in [-0.4, -0.2) is 18.3 Å². The summed E-state index contributed by atoms with van der Waals surface area (Å²) < 4.78 is 18.6. The second kappa shape index (κ2) is 4.62. The third-order valence-electron chi connectivity index (χ3n) is 5.27. The van der Waals surface area contributed by atoms with Gasteiger partial charge in [-0.1, -0.05) is 30.3 Å². The van der Waals surface area contributed by atoms with E-state index in [1.807, 2.05) is 18.2 Å². The van der Waals surface area contributed by atoms with E-state index in [2.05, 4.69) is 52.8 Å². The maximum Gasteiger partial charge on any atom is 0.498 e. The Labute approximate surface area is 136 Å². The molecular formula is C19H21BO3. The van der Waals surface area contributed by atoms with Crippen molar-refractivity contribution in [2.75, 3.05) is 0 Å². The highest BCUT2D eigenvalue weighted by Gasteiger charge is 2.52. The summed E-state index contributed by atoms with van der Waals surface area (Å²) in [4.78, 5) is 0. The van der Waals surface area contributed by atoms with Crippen molar-refractivity contribution in [3.05, 3.63) is 42.0 Å². The number of hydrogen-bond acceptors (Lipinski definition) is 3. The van der Waals surface area contributed by atoms with Crippen LogP contribution in [0.4, 0.5) is 0 Å². The van der Waals surface area contributed by atoms with Gasteiger partial charge in [0.2, 0.25) is 0 Å². The van der Waals surface area contributed by atoms with Crippen LogP contribution in [0.1, 0.15) is 33.3 Å². The Bertz CT molecular complexity index is 892. The summed E-state index contributed by atoms with van der Waals surface area (Å²) in [6.07, 6.45) is 0. The van der Waals surface area contributed by atoms with Crippen LogP contribution in [0, 0.1) is 6.92 Å². The van der Waals surface area contributed by atoms with Crippen LogP contribution in [0.3, 0.4) is 0 Å². The van der Waals surface area contributed by atoms with Crippen molar-refractivity contribution in [2.45, 2.75) is 45.8 Å². The molecule has 0 saturated carbocycles. The SMILES string of the molecule is Cc1ccc(B2OC(C)(C)C(C)(C)O2)c2oc3ccccc3c12. The van der Waals surface area contributed by atoms with E-state index in [1.165, 1.54) is 5.56 Å². The predicted octanol–water partition coefficient (Wildman–Crippen LogP) is 4.19. The van der Waals surface area contributed by atoms with Crippen molar-refractivity contribution in [3.63, 3.8) is 0 Å². The number of aryl methyl sites for hydroxylation is 1. The molecule has 1 aromatic heterocycles. The first-order chi connectivity index (χ1) is 10.8. The van der Waals surface area contributed by atoms with Crippen LogP contribution in [0.2, 0.25) is 0 Å². The van der Waals surface area contributed by atoms with Crippen molar-refractivity contribution < 1.29 is 13.7 Å². The van der Waals surface area contributed by atoms with Gasteiger partial charge in [0.1, 0.15) is 11.2 Å². The molecule has 118 valence electrons. The Kier molecular flexibility index (Phi) is 2.97. The summed E-state index contributed by atoms with van der Waals surface area (Å²) in [5.41, 5.74) is 3.20. The molecule has 0 atom stereocenters. The number of rotatable bonds is 1. The van der Waals surface area contributed by atoms with E-state index in [-0.39, 0.29) is 11.2 Å². The second-order valence-electron chi connectivity index (χ2n) is 7.36. The molecule has 23 heavy (non-hydrogen) atoms. The first-order valence-electron chi connectivity index (χ1n) is 8.06. The molecule has 1 saturated heterocycles. The largest absolute Gasteiger partial charge is 0.498 e. The second-order valence-corrected chi connectivity index (χ2v) is 7.36. The zero-order chi connectivity index (χ0) is 16.4. The van der Waals surface area contributed by atoms with Crippen molar-refractivity contribution in [3.8, 4) is 0 Å². The third kappa shape index (κ3) is 2.05. The highest BCUT2D eigenvalue weighted by atomic mass is 16.7. The number of hydrogen-bond donors (Lipinski definition) is 0. The van der Waals surface area contributed by atoms with E-state index in [1.54, 1.807) is 0 Å². The molecule has 1 aliphatic heterocycles. The quantitative estimate of drug-likeness (QED) is 0.632. The van der Waals surface area contributed by atoms with Crippen LogP contribution in [0.15, 0.2) is 40.8 Å². The number of para-hydroxylation sites is 1. The minimum Gasteiger partial charge on any atom is -0.456 e. The van der Waals surface area contributed by atoms with Gasteiger partial charge in [-0.2, -0.15) is 0 Å². The Morgan fingerprint density at radius 1 is 0.870 bits per heavy atom. The molecule has 2 heterocycles. The monoisotopic (exact) mass is 308 g/mol. The van der Waals surface area contributed by atoms with E-state index >= 15 is 0 Å². The molecule has 0 amide bonds. The van der Waals surface area contributed by atoms with Crippen LogP contribution < -0.4 is 5.46 Å². The van der Waals surface area contributed by atoms with E-state index in [4.69, 9.17) is 13.7 Å². The Balaban J connectivity index is 1.94. The Morgan fingerprint density at radius 2 is 1.52 bits per heavy atom. The molecule has 4 heteroatoms. The van der Waals surface area contributed by atoms with E-state index in [0.717, 1.165) is 27.4 Å². The molecule has 3 nitrogen and oxygen atoms in total. The topological polar surface area (TPSA) is 31.6 Å². The Hall–Kier alpha value is -1.78. The summed E-state index contributed by atoms with van der Waals surface area (Å²) in [6.45, 7) is 10.4. The van der Waals surface area contributed by atoms with Crippen molar-refractivity contribution >= 4 is 34.5 Å². The van der Waals surface area contributed by atoms with Crippen molar-refractivity contribution in [1.29, 1.82) is 0 Å². The van der Waals surface area contributed by atoms with E-state index < -0.39 is 7.12 Å². The lowest BCUT2D eigenvalue weighted by Gasteiger charge is -2.32. The molecule has 4 rings (SSSR count). The molecule has 0 N–H and O–H groups in total. The average molecular weight is 308 g/mol. The highest BCUT2D eigenvalue weighted by Crippen LogP contribution is 2.38. The predicted molar refractivity (Wildman–Crippen MR) is 94.2 cm³/mol. The van der Waals surface area contributed by atoms with Gasteiger partial charge in [-0.05, 0) is 46.2 Å². The minimum atomic E-state index is -0.413. The summed E-state index contributed by atoms with van der Waals surface area (Å²) >= 11 is 0. The molecular weight excluding hydrogens is 287 g/mol. The lowest BCUT2D eigenvalue weighted by Crippen LogP contribution is -2.41. The van der Waals surface area contributed by atoms with Gasteiger partial charge in [-0.3, -0.25) is 0 Å². The average Bonchev–Trinajstić information content (AvgIpc) is 2.95. The van der Waals surface area contributed by atoms with Gasteiger partial charge < -0.3 is 13.7 Å². The zero-order valence-electron chi connectivity index (χ0n) is 14.3. The van der Waals surface area contributed by atoms with E-state index in [9.17, 15) is 0 Å². The maximum atomic E-state index is 6.21. The lowest BCUT2D eigenvalue weighted by atomic mass is 9.77. The smallest absolute Gasteiger partial charge is 0.456 e. The molecule has 0 bridgehead atoms. The van der Waals surface area contributed by atoms with Gasteiger partial charge in [-0.15, -0.1) is 0 Å². The molecule has 3 aromatic rings. The summed E-state index contributed by atoms with van der Waals surface area (Å²) in [7, 11) is -0.413. The van der Waals surface area contributed by atoms with Gasteiger partial charge in [0, 0.05) is 16.2 Å². The summed E-state index contributed by atoms with van der Waals surface area (Å²) in [5, 5.41) is 2.28. The standard InChI is InChI=1S/C19H21BO3/c1-12-10-11-14(20-22-18(2,3)19(4,5)23-20)17-16(12)13-8-6-7-9-15(13)21-17/h6-11H,1-5H3. The molecule has 0 spiro atoms. The first kappa shape index (κ1) is 14.8. The fraction of sp³-hybridized carbons (Fsp3) is 0.368. The van der Waals surface area contributed by atoms with Crippen LogP contribution >= 0.6 is 0 Å². The zero-order valence-corrected chi connectivity index (χ0v) is 14.3. The molecule has 1 fully saturated rings. The Morgan fingerprint density at radius 3 is 2.22 bits per heavy atom. The van der Waals surface area contributed by atoms with Gasteiger partial charge in [0.25, 0.3) is 0 Å². The molecule has 2 aromatic carbocycles. The van der Waals surface area contributed by atoms with Crippen LogP contribution in [-0.2, 0) is 9.31 Å². The van der Waals surface area contributed by atoms with Crippen molar-refractivity contribution in [1.82, 2.24) is 0 Å². The van der Waals surface area contributed by atoms with Gasteiger partial charge in [0.05, 0.1) is 11.2 Å². The first-order valence-corrected chi connectivity index (χ1v) is 8.06. The number of fused-ring (bicyclic) bond motifs is 3. The van der Waals surface area contributed by atoms with Crippen LogP contribution in [0.5, 0.6) is 0 Å². The highest BCUT2D eigenvalue weighted by molar-refractivity contribution is 6.65. The van der Waals surface area contributed by atoms with Crippen molar-refractivity contribution in [2.24, 2.45) is 0 Å². The maximum absolute atomic E-state index is 6.21. The summed E-state index contributed by atoms with van der Waals surface area (Å²) in [6, 6.07) is 12.3. The normalized spacial score (nSPS) is 19.8. The van der Waals surface area contributed by atoms with Gasteiger partial charge >= 0.3 is 7.12 Å². The molecule has 0 aliphatic carbocycles. The summed E-state index contributed by atoms with van der Waals surface area (Å²) in [5.74, 6) is 0. The van der Waals surface area contributed by atoms with Crippen LogP contribution in [0.25, 0.3) is 21.9 Å². The molecule has 0 radical (unpaired) electrons. The third-order valence-corrected chi connectivity index (χ3v) is 5.27. The number of furan rings is 1. The number of benzene rings is 2. The van der Waals surface area contributed by atoms with Gasteiger partial charge in [-0.25, -0.2) is 0 Å². The molecule has 0 unspecified atom stereocenters. The fourth-order valence-electron chi connectivity index (χ4n) is 3.17. The fourth-order valence-corrected chi connectivity index (χ4v) is 3.17. The molecule has 1 aliphatic rings.